The molecule has 0 saturated heterocycles. The van der Waals surface area contributed by atoms with Crippen LogP contribution in [-0.4, -0.2) is 27.6 Å². The lowest BCUT2D eigenvalue weighted by molar-refractivity contribution is -0.137. The summed E-state index contributed by atoms with van der Waals surface area (Å²) in [5, 5.41) is 14.0. The third-order valence-electron chi connectivity index (χ3n) is 2.34. The van der Waals surface area contributed by atoms with E-state index in [0.717, 1.165) is 0 Å². The number of pyridine rings is 1. The van der Waals surface area contributed by atoms with E-state index in [9.17, 15) is 9.59 Å². The Morgan fingerprint density at radius 3 is 2.72 bits per heavy atom. The monoisotopic (exact) mass is 251 g/mol. The fourth-order valence-corrected chi connectivity index (χ4v) is 1.39. The van der Waals surface area contributed by atoms with Gasteiger partial charge in [0.25, 0.3) is 0 Å². The molecule has 98 valence electrons. The third-order valence-corrected chi connectivity index (χ3v) is 2.34. The SMILES string of the molecule is CC(C)(CCC(=O)O)NC(=O)Nc1cccnc1. The lowest BCUT2D eigenvalue weighted by Crippen LogP contribution is -2.45. The van der Waals surface area contributed by atoms with Crippen LogP contribution in [0, 0.1) is 0 Å². The molecular formula is C12H17N3O3. The largest absolute Gasteiger partial charge is 0.481 e. The van der Waals surface area contributed by atoms with E-state index in [-0.39, 0.29) is 12.5 Å². The minimum atomic E-state index is -0.877. The number of hydrogen-bond donors (Lipinski definition) is 3. The van der Waals surface area contributed by atoms with Gasteiger partial charge in [-0.3, -0.25) is 9.78 Å². The van der Waals surface area contributed by atoms with E-state index in [1.807, 2.05) is 0 Å². The first-order valence-electron chi connectivity index (χ1n) is 5.60. The lowest BCUT2D eigenvalue weighted by Gasteiger charge is -2.25. The molecule has 0 aliphatic carbocycles. The van der Waals surface area contributed by atoms with E-state index in [2.05, 4.69) is 15.6 Å². The molecule has 0 saturated carbocycles. The molecule has 6 heteroatoms. The summed E-state index contributed by atoms with van der Waals surface area (Å²) in [6.07, 6.45) is 3.52. The maximum Gasteiger partial charge on any atom is 0.319 e. The zero-order valence-corrected chi connectivity index (χ0v) is 10.4. The van der Waals surface area contributed by atoms with Crippen LogP contribution in [0.4, 0.5) is 10.5 Å². The average molecular weight is 251 g/mol. The molecule has 0 aromatic carbocycles. The highest BCUT2D eigenvalue weighted by Gasteiger charge is 2.21. The molecule has 0 atom stereocenters. The number of hydrogen-bond acceptors (Lipinski definition) is 3. The standard InChI is InChI=1S/C12H17N3O3/c1-12(2,6-5-10(16)17)15-11(18)14-9-4-3-7-13-8-9/h3-4,7-8H,5-6H2,1-2H3,(H,16,17)(H2,14,15,18). The summed E-state index contributed by atoms with van der Waals surface area (Å²) in [5.74, 6) is -0.877. The van der Waals surface area contributed by atoms with E-state index in [4.69, 9.17) is 5.11 Å². The first kappa shape index (κ1) is 14.0. The maximum absolute atomic E-state index is 11.7. The first-order chi connectivity index (χ1) is 8.39. The zero-order chi connectivity index (χ0) is 13.6. The van der Waals surface area contributed by atoms with Gasteiger partial charge < -0.3 is 15.7 Å². The van der Waals surface area contributed by atoms with Gasteiger partial charge in [0.15, 0.2) is 0 Å². The van der Waals surface area contributed by atoms with E-state index < -0.39 is 11.5 Å². The Kier molecular flexibility index (Phi) is 4.65. The molecule has 3 N–H and O–H groups in total. The predicted molar refractivity (Wildman–Crippen MR) is 67.3 cm³/mol. The number of carboxylic acid groups (broad SMARTS) is 1. The minimum absolute atomic E-state index is 0.0141. The summed E-state index contributed by atoms with van der Waals surface area (Å²) < 4.78 is 0. The van der Waals surface area contributed by atoms with Gasteiger partial charge in [0.1, 0.15) is 0 Å². The van der Waals surface area contributed by atoms with Crippen molar-refractivity contribution < 1.29 is 14.7 Å². The van der Waals surface area contributed by atoms with Crippen molar-refractivity contribution in [3.8, 4) is 0 Å². The number of rotatable bonds is 5. The normalized spacial score (nSPS) is 10.8. The van der Waals surface area contributed by atoms with Gasteiger partial charge in [0, 0.05) is 18.2 Å². The van der Waals surface area contributed by atoms with E-state index in [1.165, 1.54) is 6.20 Å². The Bertz CT molecular complexity index is 418. The molecule has 2 amide bonds. The van der Waals surface area contributed by atoms with Crippen molar-refractivity contribution in [2.45, 2.75) is 32.2 Å². The Morgan fingerprint density at radius 1 is 1.44 bits per heavy atom. The summed E-state index contributed by atoms with van der Waals surface area (Å²) >= 11 is 0. The van der Waals surface area contributed by atoms with Crippen molar-refractivity contribution in [1.82, 2.24) is 10.3 Å². The van der Waals surface area contributed by atoms with Crippen LogP contribution < -0.4 is 10.6 Å². The van der Waals surface area contributed by atoms with Gasteiger partial charge in [-0.2, -0.15) is 0 Å². The van der Waals surface area contributed by atoms with Gasteiger partial charge in [-0.1, -0.05) is 0 Å². The topological polar surface area (TPSA) is 91.3 Å². The molecule has 0 unspecified atom stereocenters. The highest BCUT2D eigenvalue weighted by Crippen LogP contribution is 2.12. The first-order valence-corrected chi connectivity index (χ1v) is 5.60. The number of anilines is 1. The molecule has 0 fully saturated rings. The van der Waals surface area contributed by atoms with Crippen molar-refractivity contribution in [1.29, 1.82) is 0 Å². The summed E-state index contributed by atoms with van der Waals surface area (Å²) in [5.41, 5.74) is 0.00838. The number of urea groups is 1. The summed E-state index contributed by atoms with van der Waals surface area (Å²) in [6, 6.07) is 3.06. The number of nitrogens with zero attached hydrogens (tertiary/aromatic N) is 1. The number of carbonyl (C=O) groups is 2. The average Bonchev–Trinajstić information content (AvgIpc) is 2.27. The van der Waals surface area contributed by atoms with Crippen molar-refractivity contribution in [3.05, 3.63) is 24.5 Å². The molecule has 18 heavy (non-hydrogen) atoms. The van der Waals surface area contributed by atoms with Crippen LogP contribution in [0.3, 0.4) is 0 Å². The zero-order valence-electron chi connectivity index (χ0n) is 10.4. The maximum atomic E-state index is 11.7. The molecule has 1 rings (SSSR count). The summed E-state index contributed by atoms with van der Waals surface area (Å²) in [7, 11) is 0. The lowest BCUT2D eigenvalue weighted by atomic mass is 9.99. The predicted octanol–water partition coefficient (Wildman–Crippen LogP) is 1.85. The number of aromatic nitrogens is 1. The van der Waals surface area contributed by atoms with Gasteiger partial charge in [0.2, 0.25) is 0 Å². The summed E-state index contributed by atoms with van der Waals surface area (Å²) in [6.45, 7) is 3.55. The van der Waals surface area contributed by atoms with Crippen molar-refractivity contribution >= 4 is 17.7 Å². The van der Waals surface area contributed by atoms with Gasteiger partial charge in [-0.25, -0.2) is 4.79 Å². The van der Waals surface area contributed by atoms with Crippen molar-refractivity contribution in [2.75, 3.05) is 5.32 Å². The number of carbonyl (C=O) groups excluding carboxylic acids is 1. The van der Waals surface area contributed by atoms with Crippen LogP contribution in [0.15, 0.2) is 24.5 Å². The molecule has 1 aromatic rings. The van der Waals surface area contributed by atoms with Crippen LogP contribution in [0.1, 0.15) is 26.7 Å². The van der Waals surface area contributed by atoms with Crippen molar-refractivity contribution in [3.63, 3.8) is 0 Å². The van der Waals surface area contributed by atoms with Crippen molar-refractivity contribution in [2.24, 2.45) is 0 Å². The van der Waals surface area contributed by atoms with Crippen LogP contribution in [-0.2, 0) is 4.79 Å². The van der Waals surface area contributed by atoms with Gasteiger partial charge >= 0.3 is 12.0 Å². The smallest absolute Gasteiger partial charge is 0.319 e. The molecular weight excluding hydrogens is 234 g/mol. The summed E-state index contributed by atoms with van der Waals surface area (Å²) in [4.78, 5) is 26.0. The molecule has 1 aromatic heterocycles. The molecule has 0 aliphatic heterocycles. The number of carboxylic acids is 1. The second kappa shape index (κ2) is 6.00. The van der Waals surface area contributed by atoms with Crippen LogP contribution in [0.5, 0.6) is 0 Å². The second-order valence-electron chi connectivity index (χ2n) is 4.60. The number of amides is 2. The van der Waals surface area contributed by atoms with Crippen LogP contribution >= 0.6 is 0 Å². The highest BCUT2D eigenvalue weighted by molar-refractivity contribution is 5.89. The van der Waals surface area contributed by atoms with Crippen LogP contribution in [0.25, 0.3) is 0 Å². The fraction of sp³-hybridized carbons (Fsp3) is 0.417. The molecule has 0 bridgehead atoms. The van der Waals surface area contributed by atoms with E-state index in [1.54, 1.807) is 32.2 Å². The third kappa shape index (κ3) is 5.29. The molecule has 0 aliphatic rings. The Hall–Kier alpha value is -2.11. The molecule has 0 radical (unpaired) electrons. The van der Waals surface area contributed by atoms with E-state index >= 15 is 0 Å². The molecule has 6 nitrogen and oxygen atoms in total. The van der Waals surface area contributed by atoms with Crippen LogP contribution in [0.2, 0.25) is 0 Å². The molecule has 0 spiro atoms. The van der Waals surface area contributed by atoms with Gasteiger partial charge in [-0.15, -0.1) is 0 Å². The molecule has 1 heterocycles. The number of aliphatic carboxylic acids is 1. The number of nitrogens with one attached hydrogen (secondary N) is 2. The Labute approximate surface area is 105 Å². The Morgan fingerprint density at radius 2 is 2.17 bits per heavy atom. The fourth-order valence-electron chi connectivity index (χ4n) is 1.39. The van der Waals surface area contributed by atoms with Gasteiger partial charge in [0.05, 0.1) is 11.9 Å². The highest BCUT2D eigenvalue weighted by atomic mass is 16.4. The van der Waals surface area contributed by atoms with Gasteiger partial charge in [-0.05, 0) is 32.4 Å². The second-order valence-corrected chi connectivity index (χ2v) is 4.60. The Balaban J connectivity index is 2.46. The minimum Gasteiger partial charge on any atom is -0.481 e. The van der Waals surface area contributed by atoms with E-state index in [0.29, 0.717) is 12.1 Å². The quantitative estimate of drug-likeness (QED) is 0.744.